The van der Waals surface area contributed by atoms with Gasteiger partial charge in [-0.05, 0) is 38.1 Å². The molecule has 2 aliphatic heterocycles. The number of carbonyl (C=O) groups excluding carboxylic acids is 1. The maximum Gasteiger partial charge on any atom is 0.253 e. The molecule has 6 nitrogen and oxygen atoms in total. The average molecular weight is 318 g/mol. The van der Waals surface area contributed by atoms with E-state index in [9.17, 15) is 4.79 Å². The van der Waals surface area contributed by atoms with Crippen LogP contribution in [0, 0.1) is 0 Å². The van der Waals surface area contributed by atoms with Gasteiger partial charge in [-0.2, -0.15) is 0 Å². The highest BCUT2D eigenvalue weighted by atomic mass is 16.5. The molecule has 2 saturated heterocycles. The first-order valence-corrected chi connectivity index (χ1v) is 8.41. The molecule has 6 heteroatoms. The normalized spacial score (nSPS) is 25.3. The van der Waals surface area contributed by atoms with Crippen LogP contribution in [-0.2, 0) is 4.74 Å². The highest BCUT2D eigenvalue weighted by Crippen LogP contribution is 2.19. The van der Waals surface area contributed by atoms with E-state index in [-0.39, 0.29) is 11.9 Å². The van der Waals surface area contributed by atoms with E-state index in [1.165, 1.54) is 19.3 Å². The third-order valence-corrected chi connectivity index (χ3v) is 4.69. The first kappa shape index (κ1) is 16.2. The number of amides is 1. The zero-order chi connectivity index (χ0) is 16.2. The largest absolute Gasteiger partial charge is 0.378 e. The lowest BCUT2D eigenvalue weighted by atomic mass is 10.0. The first-order chi connectivity index (χ1) is 11.1. The molecule has 0 saturated carbocycles. The van der Waals surface area contributed by atoms with Gasteiger partial charge < -0.3 is 15.0 Å². The Balaban J connectivity index is 1.61. The second-order valence-corrected chi connectivity index (χ2v) is 6.58. The molecule has 0 spiro atoms. The van der Waals surface area contributed by atoms with Gasteiger partial charge in [0.25, 0.3) is 5.91 Å². The van der Waals surface area contributed by atoms with Crippen LogP contribution in [0.3, 0.4) is 0 Å². The Labute approximate surface area is 137 Å². The Morgan fingerprint density at radius 2 is 2.04 bits per heavy atom. The van der Waals surface area contributed by atoms with Crippen molar-refractivity contribution in [2.45, 2.75) is 31.3 Å². The van der Waals surface area contributed by atoms with E-state index in [1.807, 2.05) is 31.1 Å². The zero-order valence-electron chi connectivity index (χ0n) is 14.0. The number of rotatable bonds is 4. The molecular formula is C17H26N4O2. The Morgan fingerprint density at radius 1 is 1.26 bits per heavy atom. The van der Waals surface area contributed by atoms with Gasteiger partial charge in [-0.15, -0.1) is 0 Å². The molecule has 23 heavy (non-hydrogen) atoms. The maximum absolute atomic E-state index is 12.5. The predicted octanol–water partition coefficient (Wildman–Crippen LogP) is 1.13. The minimum absolute atomic E-state index is 0.0640. The zero-order valence-corrected chi connectivity index (χ0v) is 14.0. The van der Waals surface area contributed by atoms with Gasteiger partial charge >= 0.3 is 0 Å². The summed E-state index contributed by atoms with van der Waals surface area (Å²) in [7, 11) is 3.86. The topological polar surface area (TPSA) is 57.7 Å². The van der Waals surface area contributed by atoms with Gasteiger partial charge in [-0.25, -0.2) is 4.98 Å². The van der Waals surface area contributed by atoms with Crippen LogP contribution in [0.25, 0.3) is 0 Å². The van der Waals surface area contributed by atoms with Crippen molar-refractivity contribution in [2.24, 2.45) is 0 Å². The minimum atomic E-state index is -0.0692. The van der Waals surface area contributed by atoms with Crippen molar-refractivity contribution in [1.82, 2.24) is 15.2 Å². The van der Waals surface area contributed by atoms with Crippen molar-refractivity contribution < 1.29 is 9.53 Å². The summed E-state index contributed by atoms with van der Waals surface area (Å²) >= 11 is 0. The van der Waals surface area contributed by atoms with Gasteiger partial charge in [0.1, 0.15) is 5.82 Å². The number of piperidine rings is 1. The molecule has 3 rings (SSSR count). The molecular weight excluding hydrogens is 292 g/mol. The summed E-state index contributed by atoms with van der Waals surface area (Å²) in [6.07, 6.45) is 5.43. The molecule has 126 valence electrons. The molecule has 0 aliphatic carbocycles. The number of hydrogen-bond acceptors (Lipinski definition) is 5. The van der Waals surface area contributed by atoms with E-state index >= 15 is 0 Å². The molecule has 0 bridgehead atoms. The monoisotopic (exact) mass is 318 g/mol. The van der Waals surface area contributed by atoms with Crippen LogP contribution in [0.4, 0.5) is 5.82 Å². The molecule has 1 aromatic heterocycles. The number of likely N-dealkylation sites (tertiary alicyclic amines) is 1. The van der Waals surface area contributed by atoms with Crippen LogP contribution in [0.1, 0.15) is 29.6 Å². The number of nitrogens with zero attached hydrogens (tertiary/aromatic N) is 3. The third kappa shape index (κ3) is 3.82. The quantitative estimate of drug-likeness (QED) is 0.902. The van der Waals surface area contributed by atoms with Gasteiger partial charge in [-0.1, -0.05) is 6.42 Å². The van der Waals surface area contributed by atoms with Crippen LogP contribution in [0.5, 0.6) is 0 Å². The number of pyridine rings is 1. The van der Waals surface area contributed by atoms with E-state index in [0.717, 1.165) is 18.9 Å². The SMILES string of the molecule is CN(C)c1ccc(C(=O)N[C@H]2COC[C@@H]2N2CCCCC2)cn1. The van der Waals surface area contributed by atoms with E-state index < -0.39 is 0 Å². The molecule has 0 aromatic carbocycles. The molecule has 1 N–H and O–H groups in total. The van der Waals surface area contributed by atoms with Gasteiger partial charge in [-0.3, -0.25) is 9.69 Å². The van der Waals surface area contributed by atoms with Crippen LogP contribution in [-0.4, -0.2) is 68.3 Å². The summed E-state index contributed by atoms with van der Waals surface area (Å²) in [5, 5.41) is 3.13. The Hall–Kier alpha value is -1.66. The maximum atomic E-state index is 12.5. The lowest BCUT2D eigenvalue weighted by Gasteiger charge is -2.34. The highest BCUT2D eigenvalue weighted by Gasteiger charge is 2.34. The van der Waals surface area contributed by atoms with E-state index in [4.69, 9.17) is 4.74 Å². The number of anilines is 1. The molecule has 0 unspecified atom stereocenters. The fraction of sp³-hybridized carbons (Fsp3) is 0.647. The summed E-state index contributed by atoms with van der Waals surface area (Å²) in [4.78, 5) is 21.2. The molecule has 2 aliphatic rings. The highest BCUT2D eigenvalue weighted by molar-refractivity contribution is 5.94. The molecule has 1 amide bonds. The number of carbonyl (C=O) groups is 1. The van der Waals surface area contributed by atoms with Crippen LogP contribution >= 0.6 is 0 Å². The number of hydrogen-bond donors (Lipinski definition) is 1. The van der Waals surface area contributed by atoms with Crippen LogP contribution in [0.2, 0.25) is 0 Å². The minimum Gasteiger partial charge on any atom is -0.378 e. The summed E-state index contributed by atoms with van der Waals surface area (Å²) in [6.45, 7) is 3.53. The number of aromatic nitrogens is 1. The van der Waals surface area contributed by atoms with Crippen LogP contribution in [0.15, 0.2) is 18.3 Å². The number of ether oxygens (including phenoxy) is 1. The summed E-state index contributed by atoms with van der Waals surface area (Å²) in [5.74, 6) is 0.775. The summed E-state index contributed by atoms with van der Waals surface area (Å²) in [5.41, 5.74) is 0.597. The van der Waals surface area contributed by atoms with Gasteiger partial charge in [0.2, 0.25) is 0 Å². The Morgan fingerprint density at radius 3 is 2.70 bits per heavy atom. The van der Waals surface area contributed by atoms with Gasteiger partial charge in [0, 0.05) is 20.3 Å². The fourth-order valence-corrected chi connectivity index (χ4v) is 3.33. The lowest BCUT2D eigenvalue weighted by Crippen LogP contribution is -2.52. The Kier molecular flexibility index (Phi) is 5.13. The fourth-order valence-electron chi connectivity index (χ4n) is 3.33. The van der Waals surface area contributed by atoms with Crippen molar-refractivity contribution in [1.29, 1.82) is 0 Å². The standard InChI is InChI=1S/C17H26N4O2/c1-20(2)16-7-6-13(10-18-16)17(22)19-14-11-23-12-15(14)21-8-4-3-5-9-21/h6-7,10,14-15H,3-5,8-9,11-12H2,1-2H3,(H,19,22)/t14-,15-/m0/s1. The van der Waals surface area contributed by atoms with E-state index in [1.54, 1.807) is 6.20 Å². The summed E-state index contributed by atoms with van der Waals surface area (Å²) < 4.78 is 5.63. The van der Waals surface area contributed by atoms with Crippen molar-refractivity contribution in [3.8, 4) is 0 Å². The molecule has 2 fully saturated rings. The third-order valence-electron chi connectivity index (χ3n) is 4.69. The van der Waals surface area contributed by atoms with Gasteiger partial charge in [0.05, 0.1) is 30.9 Å². The number of nitrogens with one attached hydrogen (secondary N) is 1. The molecule has 1 aromatic rings. The second kappa shape index (κ2) is 7.27. The van der Waals surface area contributed by atoms with E-state index in [2.05, 4.69) is 15.2 Å². The smallest absolute Gasteiger partial charge is 0.253 e. The predicted molar refractivity (Wildman–Crippen MR) is 89.8 cm³/mol. The van der Waals surface area contributed by atoms with Crippen molar-refractivity contribution >= 4 is 11.7 Å². The summed E-state index contributed by atoms with van der Waals surface area (Å²) in [6, 6.07) is 4.05. The molecule has 2 atom stereocenters. The van der Waals surface area contributed by atoms with Crippen LogP contribution < -0.4 is 10.2 Å². The first-order valence-electron chi connectivity index (χ1n) is 8.41. The van der Waals surface area contributed by atoms with E-state index in [0.29, 0.717) is 24.8 Å². The molecule has 0 radical (unpaired) electrons. The Bertz CT molecular complexity index is 526. The second-order valence-electron chi connectivity index (χ2n) is 6.58. The average Bonchev–Trinajstić information content (AvgIpc) is 3.04. The van der Waals surface area contributed by atoms with Gasteiger partial charge in [0.15, 0.2) is 0 Å². The van der Waals surface area contributed by atoms with Crippen molar-refractivity contribution in [2.75, 3.05) is 45.3 Å². The van der Waals surface area contributed by atoms with Crippen molar-refractivity contribution in [3.05, 3.63) is 23.9 Å². The molecule has 3 heterocycles. The van der Waals surface area contributed by atoms with Crippen molar-refractivity contribution in [3.63, 3.8) is 0 Å². The lowest BCUT2D eigenvalue weighted by molar-refractivity contribution is 0.0899.